The molecule has 0 bridgehead atoms. The third-order valence-corrected chi connectivity index (χ3v) is 5.42. The minimum atomic E-state index is -3.63. The Morgan fingerprint density at radius 3 is 2.70 bits per heavy atom. The lowest BCUT2D eigenvalue weighted by atomic mass is 10.3. The Balaban J connectivity index is 3.14. The average Bonchev–Trinajstić information content (AvgIpc) is 2.41. The molecule has 7 heteroatoms. The summed E-state index contributed by atoms with van der Waals surface area (Å²) in [5.41, 5.74) is 6.11. The highest BCUT2D eigenvalue weighted by Gasteiger charge is 2.25. The number of rotatable bonds is 7. The molecule has 0 amide bonds. The Morgan fingerprint density at radius 1 is 1.50 bits per heavy atom. The number of ether oxygens (including phenoxy) is 1. The minimum absolute atomic E-state index is 0.0711. The fraction of sp³-hybridized carbons (Fsp3) is 0.385. The first-order valence-corrected chi connectivity index (χ1v) is 8.28. The van der Waals surface area contributed by atoms with Crippen molar-refractivity contribution in [2.45, 2.75) is 17.7 Å². The van der Waals surface area contributed by atoms with Gasteiger partial charge >= 0.3 is 0 Å². The van der Waals surface area contributed by atoms with E-state index in [1.54, 1.807) is 12.1 Å². The molecule has 0 saturated carbocycles. The van der Waals surface area contributed by atoms with Crippen molar-refractivity contribution in [3.8, 4) is 5.75 Å². The van der Waals surface area contributed by atoms with Crippen molar-refractivity contribution in [1.29, 1.82) is 0 Å². The van der Waals surface area contributed by atoms with Crippen molar-refractivity contribution in [1.82, 2.24) is 4.31 Å². The number of benzene rings is 1. The van der Waals surface area contributed by atoms with Gasteiger partial charge in [-0.05, 0) is 40.9 Å². The van der Waals surface area contributed by atoms with E-state index >= 15 is 0 Å². The number of hydrogen-bond acceptors (Lipinski definition) is 4. The van der Waals surface area contributed by atoms with Gasteiger partial charge in [0.05, 0.1) is 7.11 Å². The van der Waals surface area contributed by atoms with E-state index in [0.29, 0.717) is 23.1 Å². The number of methoxy groups -OCH3 is 1. The van der Waals surface area contributed by atoms with E-state index in [9.17, 15) is 8.42 Å². The SMILES string of the molecule is C=CCCCN(C)S(=O)(=O)c1cc(N)c(Br)cc1OC. The first-order valence-electron chi connectivity index (χ1n) is 6.04. The minimum Gasteiger partial charge on any atom is -0.495 e. The number of nitrogens with zero attached hydrogens (tertiary/aromatic N) is 1. The number of nitrogens with two attached hydrogens (primary N) is 1. The Labute approximate surface area is 128 Å². The molecule has 20 heavy (non-hydrogen) atoms. The van der Waals surface area contributed by atoms with Crippen molar-refractivity contribution in [2.24, 2.45) is 0 Å². The highest BCUT2D eigenvalue weighted by molar-refractivity contribution is 9.10. The fourth-order valence-corrected chi connectivity index (χ4v) is 3.36. The summed E-state index contributed by atoms with van der Waals surface area (Å²) in [6.07, 6.45) is 3.24. The van der Waals surface area contributed by atoms with Gasteiger partial charge in [-0.3, -0.25) is 0 Å². The molecule has 1 aromatic carbocycles. The zero-order valence-corrected chi connectivity index (χ0v) is 14.0. The van der Waals surface area contributed by atoms with E-state index in [1.807, 2.05) is 0 Å². The number of sulfonamides is 1. The van der Waals surface area contributed by atoms with Gasteiger partial charge in [0.1, 0.15) is 10.6 Å². The van der Waals surface area contributed by atoms with Crippen LogP contribution in [0, 0.1) is 0 Å². The van der Waals surface area contributed by atoms with E-state index in [-0.39, 0.29) is 10.6 Å². The van der Waals surface area contributed by atoms with Crippen LogP contribution in [0.15, 0.2) is 34.2 Å². The summed E-state index contributed by atoms with van der Waals surface area (Å²) < 4.78 is 32.1. The molecule has 0 radical (unpaired) electrons. The van der Waals surface area contributed by atoms with Gasteiger partial charge in [-0.2, -0.15) is 0 Å². The van der Waals surface area contributed by atoms with Gasteiger partial charge in [0, 0.05) is 23.8 Å². The highest BCUT2D eigenvalue weighted by atomic mass is 79.9. The summed E-state index contributed by atoms with van der Waals surface area (Å²) >= 11 is 3.25. The van der Waals surface area contributed by atoms with Crippen LogP contribution in [-0.2, 0) is 10.0 Å². The normalized spacial score (nSPS) is 11.6. The fourth-order valence-electron chi connectivity index (χ4n) is 1.66. The van der Waals surface area contributed by atoms with Crippen molar-refractivity contribution >= 4 is 31.6 Å². The second-order valence-corrected chi connectivity index (χ2v) is 7.15. The average molecular weight is 363 g/mol. The van der Waals surface area contributed by atoms with Gasteiger partial charge in [0.25, 0.3) is 0 Å². The second-order valence-electron chi connectivity index (χ2n) is 4.28. The third kappa shape index (κ3) is 3.74. The van der Waals surface area contributed by atoms with Crippen molar-refractivity contribution in [3.05, 3.63) is 29.3 Å². The van der Waals surface area contributed by atoms with Gasteiger partial charge < -0.3 is 10.5 Å². The van der Waals surface area contributed by atoms with Crippen molar-refractivity contribution in [2.75, 3.05) is 26.4 Å². The van der Waals surface area contributed by atoms with E-state index in [1.165, 1.54) is 24.5 Å². The smallest absolute Gasteiger partial charge is 0.246 e. The molecule has 0 aliphatic carbocycles. The van der Waals surface area contributed by atoms with Crippen LogP contribution in [0.4, 0.5) is 5.69 Å². The predicted octanol–water partition coefficient (Wildman–Crippen LogP) is 2.63. The van der Waals surface area contributed by atoms with Crippen LogP contribution in [0.1, 0.15) is 12.8 Å². The Morgan fingerprint density at radius 2 is 2.15 bits per heavy atom. The van der Waals surface area contributed by atoms with Gasteiger partial charge in [-0.15, -0.1) is 6.58 Å². The molecule has 0 fully saturated rings. The largest absolute Gasteiger partial charge is 0.495 e. The topological polar surface area (TPSA) is 72.6 Å². The molecule has 0 aromatic heterocycles. The molecule has 0 atom stereocenters. The first kappa shape index (κ1) is 17.0. The Hall–Kier alpha value is -1.05. The molecule has 1 rings (SSSR count). The molecule has 0 saturated heterocycles. The molecule has 112 valence electrons. The maximum Gasteiger partial charge on any atom is 0.246 e. The zero-order valence-electron chi connectivity index (χ0n) is 11.6. The summed E-state index contributed by atoms with van der Waals surface area (Å²) in [5.74, 6) is 0.265. The van der Waals surface area contributed by atoms with Crippen LogP contribution in [0.5, 0.6) is 5.75 Å². The lowest BCUT2D eigenvalue weighted by Crippen LogP contribution is -2.28. The number of nitrogen functional groups attached to an aromatic ring is 1. The number of hydrogen-bond donors (Lipinski definition) is 1. The first-order chi connectivity index (χ1) is 9.34. The maximum absolute atomic E-state index is 12.5. The van der Waals surface area contributed by atoms with E-state index in [2.05, 4.69) is 22.5 Å². The number of allylic oxidation sites excluding steroid dienone is 1. The predicted molar refractivity (Wildman–Crippen MR) is 84.4 cm³/mol. The van der Waals surface area contributed by atoms with Crippen LogP contribution in [0.3, 0.4) is 0 Å². The molecule has 0 aliphatic heterocycles. The molecule has 2 N–H and O–H groups in total. The molecule has 1 aromatic rings. The lowest BCUT2D eigenvalue weighted by Gasteiger charge is -2.19. The monoisotopic (exact) mass is 362 g/mol. The summed E-state index contributed by atoms with van der Waals surface area (Å²) in [6.45, 7) is 4.03. The molecule has 0 unspecified atom stereocenters. The quantitative estimate of drug-likeness (QED) is 0.459. The molecule has 0 heterocycles. The molecular weight excluding hydrogens is 344 g/mol. The standard InChI is InChI=1S/C13H19BrN2O3S/c1-4-5-6-7-16(2)20(17,18)13-9-11(15)10(14)8-12(13)19-3/h4,8-9H,1,5-7,15H2,2-3H3. The summed E-state index contributed by atoms with van der Waals surface area (Å²) in [4.78, 5) is 0.0711. The van der Waals surface area contributed by atoms with Gasteiger partial charge in [-0.25, -0.2) is 12.7 Å². The van der Waals surface area contributed by atoms with Crippen LogP contribution in [0.2, 0.25) is 0 Å². The van der Waals surface area contributed by atoms with Crippen LogP contribution in [0.25, 0.3) is 0 Å². The van der Waals surface area contributed by atoms with Crippen LogP contribution in [-0.4, -0.2) is 33.4 Å². The number of halogens is 1. The summed E-state index contributed by atoms with van der Waals surface area (Å²) in [7, 11) is -0.665. The van der Waals surface area contributed by atoms with E-state index in [4.69, 9.17) is 10.5 Å². The molecule has 0 spiro atoms. The second kappa shape index (κ2) is 7.10. The maximum atomic E-state index is 12.5. The number of unbranched alkanes of at least 4 members (excludes halogenated alkanes) is 1. The van der Waals surface area contributed by atoms with E-state index in [0.717, 1.165) is 6.42 Å². The molecule has 5 nitrogen and oxygen atoms in total. The van der Waals surface area contributed by atoms with Crippen LogP contribution >= 0.6 is 15.9 Å². The third-order valence-electron chi connectivity index (χ3n) is 2.85. The van der Waals surface area contributed by atoms with Crippen molar-refractivity contribution < 1.29 is 13.2 Å². The van der Waals surface area contributed by atoms with Gasteiger partial charge in [0.2, 0.25) is 10.0 Å². The number of anilines is 1. The molecular formula is C13H19BrN2O3S. The zero-order chi connectivity index (χ0) is 15.3. The Kier molecular flexibility index (Phi) is 6.04. The summed E-state index contributed by atoms with van der Waals surface area (Å²) in [6, 6.07) is 2.96. The van der Waals surface area contributed by atoms with E-state index < -0.39 is 10.0 Å². The molecule has 0 aliphatic rings. The van der Waals surface area contributed by atoms with Crippen molar-refractivity contribution in [3.63, 3.8) is 0 Å². The van der Waals surface area contributed by atoms with Gasteiger partial charge in [-0.1, -0.05) is 6.08 Å². The summed E-state index contributed by atoms with van der Waals surface area (Å²) in [5, 5.41) is 0. The lowest BCUT2D eigenvalue weighted by molar-refractivity contribution is 0.397. The highest BCUT2D eigenvalue weighted by Crippen LogP contribution is 2.33. The van der Waals surface area contributed by atoms with Crippen LogP contribution < -0.4 is 10.5 Å². The van der Waals surface area contributed by atoms with Gasteiger partial charge in [0.15, 0.2) is 0 Å². The Bertz CT molecular complexity index is 588.